The molecule has 1 fully saturated rings. The van der Waals surface area contributed by atoms with E-state index in [2.05, 4.69) is 41.7 Å². The third-order valence-electron chi connectivity index (χ3n) is 5.55. The molecule has 0 atom stereocenters. The van der Waals surface area contributed by atoms with Crippen LogP contribution in [0.2, 0.25) is 0 Å². The van der Waals surface area contributed by atoms with Crippen molar-refractivity contribution in [2.45, 2.75) is 38.6 Å². The van der Waals surface area contributed by atoms with Gasteiger partial charge < -0.3 is 10.2 Å². The van der Waals surface area contributed by atoms with Gasteiger partial charge in [-0.05, 0) is 48.3 Å². The molecule has 3 rings (SSSR count). The molecule has 1 aliphatic rings. The summed E-state index contributed by atoms with van der Waals surface area (Å²) in [6.45, 7) is 2.01. The number of carbonyl (C=O) groups excluding carboxylic acids is 2. The molecule has 2 aromatic carbocycles. The molecule has 3 N–H and O–H groups in total. The van der Waals surface area contributed by atoms with Gasteiger partial charge in [-0.3, -0.25) is 10.0 Å². The Kier molecular flexibility index (Phi) is 7.64. The first-order valence-corrected chi connectivity index (χ1v) is 10.3. The molecule has 0 unspecified atom stereocenters. The first kappa shape index (κ1) is 20.9. The largest absolute Gasteiger partial charge is 0.334 e. The third-order valence-corrected chi connectivity index (χ3v) is 5.55. The van der Waals surface area contributed by atoms with Crippen molar-refractivity contribution < 1.29 is 14.8 Å². The van der Waals surface area contributed by atoms with Crippen molar-refractivity contribution in [2.24, 2.45) is 5.92 Å². The molecular formula is C23H29N3O3. The number of nitrogens with one attached hydrogen (secondary N) is 2. The number of urea groups is 1. The first-order chi connectivity index (χ1) is 14.2. The fourth-order valence-corrected chi connectivity index (χ4v) is 3.77. The molecule has 6 nitrogen and oxygen atoms in total. The second kappa shape index (κ2) is 10.6. The maximum atomic E-state index is 12.4. The number of carbonyl (C=O) groups is 2. The average molecular weight is 396 g/mol. The Hall–Kier alpha value is -2.86. The highest BCUT2D eigenvalue weighted by atomic mass is 16.5. The van der Waals surface area contributed by atoms with Crippen LogP contribution in [-0.4, -0.2) is 35.1 Å². The average Bonchev–Trinajstić information content (AvgIpc) is 2.78. The molecule has 0 saturated carbocycles. The summed E-state index contributed by atoms with van der Waals surface area (Å²) in [7, 11) is 0. The van der Waals surface area contributed by atoms with Gasteiger partial charge >= 0.3 is 6.03 Å². The molecule has 6 heteroatoms. The Bertz CT molecular complexity index is 785. The van der Waals surface area contributed by atoms with Crippen LogP contribution in [0.15, 0.2) is 54.6 Å². The van der Waals surface area contributed by atoms with Crippen LogP contribution in [0.5, 0.6) is 0 Å². The SMILES string of the molecule is O=C(CCCC1CCN(C(=O)NCc2ccc(-c3ccccc3)cc2)CC1)NO. The van der Waals surface area contributed by atoms with Crippen LogP contribution in [0.3, 0.4) is 0 Å². The Morgan fingerprint density at radius 3 is 2.28 bits per heavy atom. The van der Waals surface area contributed by atoms with E-state index in [4.69, 9.17) is 5.21 Å². The Labute approximate surface area is 171 Å². The van der Waals surface area contributed by atoms with Crippen molar-refractivity contribution in [1.82, 2.24) is 15.7 Å². The topological polar surface area (TPSA) is 81.7 Å². The molecule has 154 valence electrons. The minimum atomic E-state index is -0.335. The van der Waals surface area contributed by atoms with Crippen LogP contribution in [-0.2, 0) is 11.3 Å². The maximum Gasteiger partial charge on any atom is 0.317 e. The summed E-state index contributed by atoms with van der Waals surface area (Å²) in [6, 6.07) is 18.5. The van der Waals surface area contributed by atoms with E-state index in [0.717, 1.165) is 44.3 Å². The van der Waals surface area contributed by atoms with Gasteiger partial charge in [-0.15, -0.1) is 0 Å². The normalized spacial score (nSPS) is 14.4. The Morgan fingerprint density at radius 2 is 1.62 bits per heavy atom. The van der Waals surface area contributed by atoms with E-state index in [9.17, 15) is 9.59 Å². The fourth-order valence-electron chi connectivity index (χ4n) is 3.77. The second-order valence-corrected chi connectivity index (χ2v) is 7.58. The van der Waals surface area contributed by atoms with E-state index >= 15 is 0 Å². The quantitative estimate of drug-likeness (QED) is 0.490. The lowest BCUT2D eigenvalue weighted by molar-refractivity contribution is -0.129. The first-order valence-electron chi connectivity index (χ1n) is 10.3. The van der Waals surface area contributed by atoms with Crippen LogP contribution in [0, 0.1) is 5.92 Å². The van der Waals surface area contributed by atoms with Crippen molar-refractivity contribution in [3.63, 3.8) is 0 Å². The summed E-state index contributed by atoms with van der Waals surface area (Å²) in [4.78, 5) is 25.4. The van der Waals surface area contributed by atoms with Gasteiger partial charge in [0.05, 0.1) is 0 Å². The van der Waals surface area contributed by atoms with Crippen molar-refractivity contribution >= 4 is 11.9 Å². The predicted molar refractivity (Wildman–Crippen MR) is 112 cm³/mol. The number of likely N-dealkylation sites (tertiary alicyclic amines) is 1. The smallest absolute Gasteiger partial charge is 0.317 e. The van der Waals surface area contributed by atoms with E-state index < -0.39 is 0 Å². The number of hydrogen-bond acceptors (Lipinski definition) is 3. The summed E-state index contributed by atoms with van der Waals surface area (Å²) in [5, 5.41) is 11.5. The van der Waals surface area contributed by atoms with Gasteiger partial charge in [0.15, 0.2) is 0 Å². The van der Waals surface area contributed by atoms with Gasteiger partial charge in [-0.25, -0.2) is 10.3 Å². The van der Waals surface area contributed by atoms with Crippen molar-refractivity contribution in [1.29, 1.82) is 0 Å². The molecule has 29 heavy (non-hydrogen) atoms. The van der Waals surface area contributed by atoms with Gasteiger partial charge in [-0.1, -0.05) is 54.6 Å². The van der Waals surface area contributed by atoms with Gasteiger partial charge in [0, 0.05) is 26.1 Å². The Balaban J connectivity index is 1.38. The molecule has 2 aromatic rings. The molecule has 0 spiro atoms. The predicted octanol–water partition coefficient (Wildman–Crippen LogP) is 3.95. The highest BCUT2D eigenvalue weighted by Crippen LogP contribution is 2.23. The zero-order valence-electron chi connectivity index (χ0n) is 16.6. The molecule has 0 aliphatic carbocycles. The number of benzene rings is 2. The molecular weight excluding hydrogens is 366 g/mol. The number of hydrogen-bond donors (Lipinski definition) is 3. The maximum absolute atomic E-state index is 12.4. The highest BCUT2D eigenvalue weighted by molar-refractivity contribution is 5.74. The van der Waals surface area contributed by atoms with Gasteiger partial charge in [0.25, 0.3) is 0 Å². The number of amides is 3. The lowest BCUT2D eigenvalue weighted by Crippen LogP contribution is -2.44. The highest BCUT2D eigenvalue weighted by Gasteiger charge is 2.22. The lowest BCUT2D eigenvalue weighted by atomic mass is 9.91. The minimum absolute atomic E-state index is 0.0183. The van der Waals surface area contributed by atoms with Gasteiger partial charge in [0.2, 0.25) is 5.91 Å². The molecule has 3 amide bonds. The summed E-state index contributed by atoms with van der Waals surface area (Å²) < 4.78 is 0. The summed E-state index contributed by atoms with van der Waals surface area (Å²) in [5.74, 6) is 0.203. The van der Waals surface area contributed by atoms with Crippen LogP contribution < -0.4 is 10.8 Å². The molecule has 0 bridgehead atoms. The second-order valence-electron chi connectivity index (χ2n) is 7.58. The fraction of sp³-hybridized carbons (Fsp3) is 0.391. The standard InChI is InChI=1S/C23H29N3O3/c27-22(25-29)8-4-5-18-13-15-26(16-14-18)23(28)24-17-19-9-11-21(12-10-19)20-6-2-1-3-7-20/h1-3,6-7,9-12,18,29H,4-5,8,13-17H2,(H,24,28)(H,25,27). The number of piperidine rings is 1. The summed E-state index contributed by atoms with van der Waals surface area (Å²) >= 11 is 0. The monoisotopic (exact) mass is 395 g/mol. The van der Waals surface area contributed by atoms with E-state index in [0.29, 0.717) is 18.9 Å². The third kappa shape index (κ3) is 6.32. The molecule has 0 aromatic heterocycles. The molecule has 0 radical (unpaired) electrons. The molecule has 1 saturated heterocycles. The van der Waals surface area contributed by atoms with Crippen molar-refractivity contribution in [3.8, 4) is 11.1 Å². The Morgan fingerprint density at radius 1 is 0.966 bits per heavy atom. The van der Waals surface area contributed by atoms with Crippen molar-refractivity contribution in [3.05, 3.63) is 60.2 Å². The zero-order valence-corrected chi connectivity index (χ0v) is 16.6. The number of nitrogens with zero attached hydrogens (tertiary/aromatic N) is 1. The van der Waals surface area contributed by atoms with E-state index in [-0.39, 0.29) is 11.9 Å². The minimum Gasteiger partial charge on any atom is -0.334 e. The number of rotatable bonds is 7. The van der Waals surface area contributed by atoms with Crippen LogP contribution >= 0.6 is 0 Å². The summed E-state index contributed by atoms with van der Waals surface area (Å²) in [6.07, 6.45) is 3.99. The number of hydroxylamine groups is 1. The summed E-state index contributed by atoms with van der Waals surface area (Å²) in [5.41, 5.74) is 5.09. The van der Waals surface area contributed by atoms with Crippen LogP contribution in [0.25, 0.3) is 11.1 Å². The van der Waals surface area contributed by atoms with Crippen molar-refractivity contribution in [2.75, 3.05) is 13.1 Å². The van der Waals surface area contributed by atoms with Gasteiger partial charge in [-0.2, -0.15) is 0 Å². The molecule has 1 aliphatic heterocycles. The van der Waals surface area contributed by atoms with E-state index in [1.165, 1.54) is 11.1 Å². The lowest BCUT2D eigenvalue weighted by Gasteiger charge is -2.32. The van der Waals surface area contributed by atoms with Crippen LogP contribution in [0.1, 0.15) is 37.7 Å². The molecule has 1 heterocycles. The zero-order chi connectivity index (χ0) is 20.5. The van der Waals surface area contributed by atoms with E-state index in [1.54, 1.807) is 5.48 Å². The van der Waals surface area contributed by atoms with Crippen LogP contribution in [0.4, 0.5) is 4.79 Å². The van der Waals surface area contributed by atoms with E-state index in [1.807, 2.05) is 23.1 Å². The van der Waals surface area contributed by atoms with Gasteiger partial charge in [0.1, 0.15) is 0 Å².